The highest BCUT2D eigenvalue weighted by Crippen LogP contribution is 2.15. The number of amides is 1. The number of nitriles is 1. The second-order valence-electron chi connectivity index (χ2n) is 3.85. The van der Waals surface area contributed by atoms with E-state index in [2.05, 4.69) is 16.5 Å². The number of nitrogens with zero attached hydrogens (tertiary/aromatic N) is 3. The van der Waals surface area contributed by atoms with E-state index in [0.29, 0.717) is 17.8 Å². The summed E-state index contributed by atoms with van der Waals surface area (Å²) >= 11 is 1.46. The molecule has 0 radical (unpaired) electrons. The molecule has 1 N–H and O–H groups in total. The lowest BCUT2D eigenvalue weighted by molar-refractivity contribution is 0.0942. The molecule has 0 aliphatic rings. The van der Waals surface area contributed by atoms with E-state index in [1.165, 1.54) is 11.3 Å². The van der Waals surface area contributed by atoms with Crippen LogP contribution in [0.5, 0.6) is 0 Å². The molecule has 1 amide bonds. The van der Waals surface area contributed by atoms with E-state index in [-0.39, 0.29) is 5.91 Å². The van der Waals surface area contributed by atoms with Crippen molar-refractivity contribution >= 4 is 17.2 Å². The van der Waals surface area contributed by atoms with Gasteiger partial charge in [-0.2, -0.15) is 10.4 Å². The van der Waals surface area contributed by atoms with E-state index in [1.54, 1.807) is 23.9 Å². The van der Waals surface area contributed by atoms with Crippen LogP contribution in [0.4, 0.5) is 0 Å². The normalized spacial score (nSPS) is 10.1. The fourth-order valence-corrected chi connectivity index (χ4v) is 2.42. The van der Waals surface area contributed by atoms with Crippen molar-refractivity contribution in [2.75, 3.05) is 0 Å². The minimum absolute atomic E-state index is 0.185. The third kappa shape index (κ3) is 2.41. The number of carbonyl (C=O) groups excluding carboxylic acids is 1. The summed E-state index contributed by atoms with van der Waals surface area (Å²) in [6.07, 6.45) is 0. The minimum atomic E-state index is -0.185. The van der Waals surface area contributed by atoms with E-state index in [1.807, 2.05) is 12.3 Å². The van der Waals surface area contributed by atoms with Gasteiger partial charge in [0, 0.05) is 11.9 Å². The van der Waals surface area contributed by atoms with Gasteiger partial charge in [-0.3, -0.25) is 9.48 Å². The summed E-state index contributed by atoms with van der Waals surface area (Å²) < 4.78 is 1.55. The molecule has 0 saturated carbocycles. The van der Waals surface area contributed by atoms with E-state index in [0.717, 1.165) is 10.6 Å². The van der Waals surface area contributed by atoms with Gasteiger partial charge in [-0.15, -0.1) is 11.3 Å². The molecular formula is C12H12N4OS. The average Bonchev–Trinajstić information content (AvgIpc) is 2.92. The quantitative estimate of drug-likeness (QED) is 0.911. The van der Waals surface area contributed by atoms with Crippen LogP contribution in [-0.2, 0) is 13.6 Å². The average molecular weight is 260 g/mol. The zero-order valence-electron chi connectivity index (χ0n) is 10.1. The Kier molecular flexibility index (Phi) is 3.44. The van der Waals surface area contributed by atoms with Crippen LogP contribution in [0, 0.1) is 18.3 Å². The Hall–Kier alpha value is -2.13. The van der Waals surface area contributed by atoms with Gasteiger partial charge >= 0.3 is 0 Å². The lowest BCUT2D eigenvalue weighted by Gasteiger charge is -2.04. The smallest absolute Gasteiger partial charge is 0.269 e. The van der Waals surface area contributed by atoms with Gasteiger partial charge in [-0.25, -0.2) is 0 Å². The van der Waals surface area contributed by atoms with Crippen LogP contribution in [0.25, 0.3) is 0 Å². The second-order valence-corrected chi connectivity index (χ2v) is 4.85. The number of nitrogens with one attached hydrogen (secondary N) is 1. The molecule has 0 spiro atoms. The lowest BCUT2D eigenvalue weighted by Crippen LogP contribution is -2.25. The summed E-state index contributed by atoms with van der Waals surface area (Å²) in [5.74, 6) is -0.185. The highest BCUT2D eigenvalue weighted by atomic mass is 32.1. The van der Waals surface area contributed by atoms with E-state index in [9.17, 15) is 4.79 Å². The van der Waals surface area contributed by atoms with Gasteiger partial charge in [0.2, 0.25) is 0 Å². The Labute approximate surface area is 109 Å². The first kappa shape index (κ1) is 12.3. The van der Waals surface area contributed by atoms with Crippen molar-refractivity contribution in [3.05, 3.63) is 39.3 Å². The fraction of sp³-hybridized carbons (Fsp3) is 0.250. The maximum atomic E-state index is 11.9. The highest BCUT2D eigenvalue weighted by Gasteiger charge is 2.12. The van der Waals surface area contributed by atoms with Crippen LogP contribution < -0.4 is 5.32 Å². The molecule has 2 aromatic rings. The fourth-order valence-electron chi connectivity index (χ4n) is 1.65. The standard InChI is InChI=1S/C12H12N4OS/c1-8-5-10(16(2)15-8)12(17)14-7-11-9(6-13)3-4-18-11/h3-5H,7H2,1-2H3,(H,14,17). The Morgan fingerprint density at radius 1 is 1.67 bits per heavy atom. The van der Waals surface area contributed by atoms with Crippen LogP contribution in [0.2, 0.25) is 0 Å². The Morgan fingerprint density at radius 3 is 3.06 bits per heavy atom. The van der Waals surface area contributed by atoms with E-state index in [4.69, 9.17) is 5.26 Å². The molecule has 0 unspecified atom stereocenters. The first-order valence-corrected chi connectivity index (χ1v) is 6.25. The van der Waals surface area contributed by atoms with Gasteiger partial charge in [0.15, 0.2) is 0 Å². The van der Waals surface area contributed by atoms with E-state index < -0.39 is 0 Å². The molecule has 6 heteroatoms. The van der Waals surface area contributed by atoms with Crippen LogP contribution >= 0.6 is 11.3 Å². The molecule has 0 aromatic carbocycles. The third-order valence-corrected chi connectivity index (χ3v) is 3.43. The predicted molar refractivity (Wildman–Crippen MR) is 68.1 cm³/mol. The summed E-state index contributed by atoms with van der Waals surface area (Å²) in [6, 6.07) is 5.58. The van der Waals surface area contributed by atoms with Gasteiger partial charge in [0.25, 0.3) is 5.91 Å². The summed E-state index contributed by atoms with van der Waals surface area (Å²) in [5.41, 5.74) is 1.93. The number of rotatable bonds is 3. The molecule has 0 aliphatic heterocycles. The van der Waals surface area contributed by atoms with Crippen molar-refractivity contribution in [1.29, 1.82) is 5.26 Å². The molecular weight excluding hydrogens is 248 g/mol. The molecule has 0 saturated heterocycles. The summed E-state index contributed by atoms with van der Waals surface area (Å²) in [4.78, 5) is 12.8. The maximum Gasteiger partial charge on any atom is 0.269 e. The number of hydrogen-bond acceptors (Lipinski definition) is 4. The summed E-state index contributed by atoms with van der Waals surface area (Å²) in [6.45, 7) is 2.20. The summed E-state index contributed by atoms with van der Waals surface area (Å²) in [5, 5.41) is 17.6. The topological polar surface area (TPSA) is 70.7 Å². The molecule has 0 aliphatic carbocycles. The Balaban J connectivity index is 2.05. The van der Waals surface area contributed by atoms with Crippen LogP contribution in [0.3, 0.4) is 0 Å². The minimum Gasteiger partial charge on any atom is -0.346 e. The van der Waals surface area contributed by atoms with Gasteiger partial charge in [-0.1, -0.05) is 0 Å². The van der Waals surface area contributed by atoms with Crippen LogP contribution in [0.1, 0.15) is 26.6 Å². The Morgan fingerprint density at radius 2 is 2.44 bits per heavy atom. The molecule has 18 heavy (non-hydrogen) atoms. The van der Waals surface area contributed by atoms with Gasteiger partial charge in [0.05, 0.1) is 17.8 Å². The van der Waals surface area contributed by atoms with E-state index >= 15 is 0 Å². The van der Waals surface area contributed by atoms with Gasteiger partial charge in [0.1, 0.15) is 11.8 Å². The van der Waals surface area contributed by atoms with Gasteiger partial charge in [-0.05, 0) is 24.4 Å². The molecule has 0 fully saturated rings. The zero-order chi connectivity index (χ0) is 13.1. The lowest BCUT2D eigenvalue weighted by atomic mass is 10.3. The molecule has 2 aromatic heterocycles. The number of aryl methyl sites for hydroxylation is 2. The molecule has 5 nitrogen and oxygen atoms in total. The van der Waals surface area contributed by atoms with Crippen LogP contribution in [0.15, 0.2) is 17.5 Å². The SMILES string of the molecule is Cc1cc(C(=O)NCc2sccc2C#N)n(C)n1. The van der Waals surface area contributed by atoms with Crippen molar-refractivity contribution in [3.63, 3.8) is 0 Å². The maximum absolute atomic E-state index is 11.9. The molecule has 0 bridgehead atoms. The molecule has 2 heterocycles. The zero-order valence-corrected chi connectivity index (χ0v) is 10.9. The van der Waals surface area contributed by atoms with Crippen molar-refractivity contribution in [3.8, 4) is 6.07 Å². The number of hydrogen-bond donors (Lipinski definition) is 1. The monoisotopic (exact) mass is 260 g/mol. The summed E-state index contributed by atoms with van der Waals surface area (Å²) in [7, 11) is 1.73. The van der Waals surface area contributed by atoms with Crippen molar-refractivity contribution in [2.24, 2.45) is 7.05 Å². The number of carbonyl (C=O) groups is 1. The number of thiophene rings is 1. The first-order valence-electron chi connectivity index (χ1n) is 5.37. The Bertz CT molecular complexity index is 620. The van der Waals surface area contributed by atoms with Crippen molar-refractivity contribution in [1.82, 2.24) is 15.1 Å². The highest BCUT2D eigenvalue weighted by molar-refractivity contribution is 7.10. The largest absolute Gasteiger partial charge is 0.346 e. The molecule has 0 atom stereocenters. The molecule has 2 rings (SSSR count). The second kappa shape index (κ2) is 5.02. The predicted octanol–water partition coefficient (Wildman–Crippen LogP) is 1.59. The van der Waals surface area contributed by atoms with Crippen molar-refractivity contribution < 1.29 is 4.79 Å². The van der Waals surface area contributed by atoms with Crippen LogP contribution in [-0.4, -0.2) is 15.7 Å². The van der Waals surface area contributed by atoms with Crippen molar-refractivity contribution in [2.45, 2.75) is 13.5 Å². The number of aromatic nitrogens is 2. The first-order chi connectivity index (χ1) is 8.61. The molecule has 92 valence electrons. The van der Waals surface area contributed by atoms with Gasteiger partial charge < -0.3 is 5.32 Å². The third-order valence-electron chi connectivity index (χ3n) is 2.51.